The number of anilines is 1. The summed E-state index contributed by atoms with van der Waals surface area (Å²) in [5.41, 5.74) is 5.95. The zero-order valence-corrected chi connectivity index (χ0v) is 15.6. The standard InChI is InChI=1S/C23H20FN3O2/c24-17-10-12-18(13-11-17)25-15-23(28)27-26-20-14-22(16-6-2-1-3-7-16)29-21-9-5-4-8-19(20)21/h1-13,22,25H,14-15H2,(H,27,28)/b26-20-/t22-/m0/s1. The SMILES string of the molecule is O=C(CNc1ccc(F)cc1)N/N=C1/C[C@@H](c2ccccc2)Oc2ccccc21. The van der Waals surface area contributed by atoms with Crippen LogP contribution in [-0.4, -0.2) is 18.2 Å². The lowest BCUT2D eigenvalue weighted by atomic mass is 9.96. The molecule has 6 heteroatoms. The number of para-hydroxylation sites is 1. The van der Waals surface area contributed by atoms with Crippen LogP contribution in [0.1, 0.15) is 23.7 Å². The van der Waals surface area contributed by atoms with Crippen molar-refractivity contribution < 1.29 is 13.9 Å². The van der Waals surface area contributed by atoms with Gasteiger partial charge in [0.05, 0.1) is 12.3 Å². The fourth-order valence-corrected chi connectivity index (χ4v) is 3.17. The zero-order valence-electron chi connectivity index (χ0n) is 15.6. The minimum atomic E-state index is -0.322. The molecule has 3 aromatic rings. The van der Waals surface area contributed by atoms with Gasteiger partial charge in [-0.05, 0) is 42.0 Å². The average molecular weight is 389 g/mol. The van der Waals surface area contributed by atoms with Crippen molar-refractivity contribution in [2.45, 2.75) is 12.5 Å². The van der Waals surface area contributed by atoms with E-state index in [0.717, 1.165) is 22.6 Å². The van der Waals surface area contributed by atoms with Crippen LogP contribution in [0, 0.1) is 5.82 Å². The first-order valence-electron chi connectivity index (χ1n) is 9.35. The summed E-state index contributed by atoms with van der Waals surface area (Å²) >= 11 is 0. The van der Waals surface area contributed by atoms with Gasteiger partial charge in [0.15, 0.2) is 0 Å². The van der Waals surface area contributed by atoms with E-state index in [-0.39, 0.29) is 24.4 Å². The monoisotopic (exact) mass is 389 g/mol. The average Bonchev–Trinajstić information content (AvgIpc) is 2.77. The van der Waals surface area contributed by atoms with Crippen molar-refractivity contribution in [3.63, 3.8) is 0 Å². The van der Waals surface area contributed by atoms with Gasteiger partial charge in [-0.3, -0.25) is 4.79 Å². The van der Waals surface area contributed by atoms with E-state index in [1.165, 1.54) is 12.1 Å². The number of carbonyl (C=O) groups excluding carboxylic acids is 1. The van der Waals surface area contributed by atoms with Gasteiger partial charge in [0.1, 0.15) is 17.7 Å². The molecular weight excluding hydrogens is 369 g/mol. The molecule has 29 heavy (non-hydrogen) atoms. The molecular formula is C23H20FN3O2. The highest BCUT2D eigenvalue weighted by Crippen LogP contribution is 2.34. The fourth-order valence-electron chi connectivity index (χ4n) is 3.17. The van der Waals surface area contributed by atoms with Crippen LogP contribution in [0.4, 0.5) is 10.1 Å². The van der Waals surface area contributed by atoms with Crippen LogP contribution in [-0.2, 0) is 4.79 Å². The molecule has 1 aliphatic heterocycles. The van der Waals surface area contributed by atoms with E-state index in [0.29, 0.717) is 12.1 Å². The molecule has 1 atom stereocenters. The number of fused-ring (bicyclic) bond motifs is 1. The predicted molar refractivity (Wildman–Crippen MR) is 110 cm³/mol. The molecule has 0 saturated carbocycles. The van der Waals surface area contributed by atoms with E-state index < -0.39 is 0 Å². The molecule has 0 radical (unpaired) electrons. The predicted octanol–water partition coefficient (Wildman–Crippen LogP) is 4.28. The summed E-state index contributed by atoms with van der Waals surface area (Å²) in [5.74, 6) is 0.129. The molecule has 0 bridgehead atoms. The Kier molecular flexibility index (Phi) is 5.52. The smallest absolute Gasteiger partial charge is 0.259 e. The van der Waals surface area contributed by atoms with Gasteiger partial charge in [0.25, 0.3) is 5.91 Å². The third-order valence-corrected chi connectivity index (χ3v) is 4.63. The second kappa shape index (κ2) is 8.56. The summed E-state index contributed by atoms with van der Waals surface area (Å²) < 4.78 is 19.1. The van der Waals surface area contributed by atoms with Crippen LogP contribution in [0.2, 0.25) is 0 Å². The van der Waals surface area contributed by atoms with Crippen molar-refractivity contribution in [2.24, 2.45) is 5.10 Å². The van der Waals surface area contributed by atoms with E-state index in [2.05, 4.69) is 15.8 Å². The molecule has 4 rings (SSSR count). The first kappa shape index (κ1) is 18.7. The lowest BCUT2D eigenvalue weighted by Gasteiger charge is -2.27. The van der Waals surface area contributed by atoms with Gasteiger partial charge in [0, 0.05) is 17.7 Å². The maximum atomic E-state index is 13.0. The van der Waals surface area contributed by atoms with Crippen molar-refractivity contribution in [1.29, 1.82) is 0 Å². The molecule has 0 spiro atoms. The van der Waals surface area contributed by atoms with Crippen LogP contribution in [0.15, 0.2) is 84.0 Å². The number of hydrogen-bond donors (Lipinski definition) is 2. The highest BCUT2D eigenvalue weighted by molar-refractivity contribution is 6.04. The summed E-state index contributed by atoms with van der Waals surface area (Å²) in [4.78, 5) is 12.2. The Hall–Kier alpha value is -3.67. The van der Waals surface area contributed by atoms with Gasteiger partial charge < -0.3 is 10.1 Å². The summed E-state index contributed by atoms with van der Waals surface area (Å²) in [6.07, 6.45) is 0.381. The Morgan fingerprint density at radius 1 is 1.00 bits per heavy atom. The van der Waals surface area contributed by atoms with Crippen molar-refractivity contribution in [2.75, 3.05) is 11.9 Å². The van der Waals surface area contributed by atoms with E-state index in [1.807, 2.05) is 54.6 Å². The second-order valence-electron chi connectivity index (χ2n) is 6.67. The van der Waals surface area contributed by atoms with Gasteiger partial charge >= 0.3 is 0 Å². The number of carbonyl (C=O) groups is 1. The summed E-state index contributed by atoms with van der Waals surface area (Å²) in [6, 6.07) is 23.4. The third kappa shape index (κ3) is 4.60. The first-order chi connectivity index (χ1) is 14.2. The van der Waals surface area contributed by atoms with Gasteiger partial charge in [0.2, 0.25) is 0 Å². The number of rotatable bonds is 5. The Morgan fingerprint density at radius 3 is 2.52 bits per heavy atom. The third-order valence-electron chi connectivity index (χ3n) is 4.63. The van der Waals surface area contributed by atoms with Gasteiger partial charge in [-0.15, -0.1) is 0 Å². The van der Waals surface area contributed by atoms with Crippen LogP contribution >= 0.6 is 0 Å². The number of nitrogens with zero attached hydrogens (tertiary/aromatic N) is 1. The Balaban J connectivity index is 1.46. The Labute approximate surface area is 168 Å². The van der Waals surface area contributed by atoms with Crippen LogP contribution < -0.4 is 15.5 Å². The zero-order chi connectivity index (χ0) is 20.1. The molecule has 0 unspecified atom stereocenters. The van der Waals surface area contributed by atoms with Crippen molar-refractivity contribution in [3.8, 4) is 5.75 Å². The van der Waals surface area contributed by atoms with Gasteiger partial charge in [-0.25, -0.2) is 9.82 Å². The lowest BCUT2D eigenvalue weighted by molar-refractivity contribution is -0.119. The minimum Gasteiger partial charge on any atom is -0.485 e. The normalized spacial score (nSPS) is 16.6. The van der Waals surface area contributed by atoms with Crippen LogP contribution in [0.3, 0.4) is 0 Å². The molecule has 0 aromatic heterocycles. The van der Waals surface area contributed by atoms with Gasteiger partial charge in [-0.2, -0.15) is 5.10 Å². The Bertz CT molecular complexity index is 1020. The minimum absolute atomic E-state index is 0.0304. The highest BCUT2D eigenvalue weighted by atomic mass is 19.1. The largest absolute Gasteiger partial charge is 0.485 e. The van der Waals surface area contributed by atoms with Crippen LogP contribution in [0.5, 0.6) is 5.75 Å². The van der Waals surface area contributed by atoms with E-state index >= 15 is 0 Å². The quantitative estimate of drug-likeness (QED) is 0.640. The van der Waals surface area contributed by atoms with Crippen molar-refractivity contribution in [1.82, 2.24) is 5.43 Å². The second-order valence-corrected chi connectivity index (χ2v) is 6.67. The lowest BCUT2D eigenvalue weighted by Crippen LogP contribution is -2.29. The summed E-state index contributed by atoms with van der Waals surface area (Å²) in [5, 5.41) is 7.30. The van der Waals surface area contributed by atoms with E-state index in [4.69, 9.17) is 4.74 Å². The fraction of sp³-hybridized carbons (Fsp3) is 0.130. The number of hydrogen-bond acceptors (Lipinski definition) is 4. The Morgan fingerprint density at radius 2 is 1.72 bits per heavy atom. The van der Waals surface area contributed by atoms with Crippen molar-refractivity contribution >= 4 is 17.3 Å². The van der Waals surface area contributed by atoms with E-state index in [1.54, 1.807) is 12.1 Å². The number of halogens is 1. The molecule has 3 aromatic carbocycles. The molecule has 1 amide bonds. The topological polar surface area (TPSA) is 62.7 Å². The summed E-state index contributed by atoms with van der Waals surface area (Å²) in [6.45, 7) is 0.0304. The molecule has 2 N–H and O–H groups in total. The molecule has 5 nitrogen and oxygen atoms in total. The number of ether oxygens (including phenoxy) is 1. The van der Waals surface area contributed by atoms with E-state index in [9.17, 15) is 9.18 Å². The number of amides is 1. The molecule has 1 aliphatic rings. The maximum absolute atomic E-state index is 13.0. The number of hydrazone groups is 1. The van der Waals surface area contributed by atoms with Crippen LogP contribution in [0.25, 0.3) is 0 Å². The maximum Gasteiger partial charge on any atom is 0.259 e. The van der Waals surface area contributed by atoms with Gasteiger partial charge in [-0.1, -0.05) is 42.5 Å². The molecule has 146 valence electrons. The molecule has 0 aliphatic carbocycles. The number of nitrogens with one attached hydrogen (secondary N) is 2. The highest BCUT2D eigenvalue weighted by Gasteiger charge is 2.26. The van der Waals surface area contributed by atoms with Crippen molar-refractivity contribution in [3.05, 3.63) is 95.8 Å². The molecule has 0 fully saturated rings. The molecule has 0 saturated heterocycles. The molecule has 1 heterocycles. The summed E-state index contributed by atoms with van der Waals surface area (Å²) in [7, 11) is 0. The first-order valence-corrected chi connectivity index (χ1v) is 9.35. The number of benzene rings is 3.